The molecule has 1 N–H and O–H groups in total. The largest absolute Gasteiger partial charge is 0.508 e. The third kappa shape index (κ3) is 2.87. The number of aromatic hydroxyl groups is 1. The van der Waals surface area contributed by atoms with Crippen molar-refractivity contribution in [3.05, 3.63) is 60.4 Å². The van der Waals surface area contributed by atoms with Crippen LogP contribution in [0.25, 0.3) is 0 Å². The Morgan fingerprint density at radius 1 is 1.37 bits per heavy atom. The number of para-hydroxylation sites is 1. The number of aryl methyl sites for hydroxylation is 1. The molecule has 1 heterocycles. The van der Waals surface area contributed by atoms with Crippen LogP contribution in [0.3, 0.4) is 0 Å². The number of phenols is 1. The van der Waals surface area contributed by atoms with Crippen LogP contribution in [0.5, 0.6) is 5.75 Å². The molecule has 0 fully saturated rings. The lowest BCUT2D eigenvalue weighted by atomic mass is 9.95. The summed E-state index contributed by atoms with van der Waals surface area (Å²) in [5.74, 6) is 0.274. The molecule has 3 heteroatoms. The van der Waals surface area contributed by atoms with Gasteiger partial charge in [0, 0.05) is 29.9 Å². The molecule has 2 rings (SSSR count). The molecule has 0 bridgehead atoms. The van der Waals surface area contributed by atoms with Crippen LogP contribution < -0.4 is 0 Å². The zero-order chi connectivity index (χ0) is 13.7. The lowest BCUT2D eigenvalue weighted by Gasteiger charge is -2.16. The number of phenolic OH excluding ortho intramolecular Hbond substituents is 1. The molecule has 0 saturated heterocycles. The lowest BCUT2D eigenvalue weighted by molar-refractivity contribution is 0.465. The molecule has 1 aromatic carbocycles. The van der Waals surface area contributed by atoms with E-state index in [2.05, 4.69) is 18.6 Å². The predicted octanol–water partition coefficient (Wildman–Crippen LogP) is 3.71. The monoisotopic (exact) mass is 256 g/mol. The summed E-state index contributed by atoms with van der Waals surface area (Å²) in [6, 6.07) is 9.39. The summed E-state index contributed by atoms with van der Waals surface area (Å²) < 4.78 is 2.00. The summed E-state index contributed by atoms with van der Waals surface area (Å²) in [6.07, 6.45) is 5.89. The number of aromatic nitrogens is 2. The van der Waals surface area contributed by atoms with Crippen LogP contribution in [0, 0.1) is 0 Å². The Hall–Kier alpha value is -2.03. The van der Waals surface area contributed by atoms with E-state index >= 15 is 0 Å². The smallest absolute Gasteiger partial charge is 0.119 e. The highest BCUT2D eigenvalue weighted by Gasteiger charge is 2.17. The summed E-state index contributed by atoms with van der Waals surface area (Å²) in [4.78, 5) is 0. The highest BCUT2D eigenvalue weighted by molar-refractivity contribution is 5.42. The average molecular weight is 256 g/mol. The summed E-state index contributed by atoms with van der Waals surface area (Å²) in [6.45, 7) is 6.97. The quantitative estimate of drug-likeness (QED) is 0.800. The van der Waals surface area contributed by atoms with E-state index < -0.39 is 0 Å². The molecule has 2 aromatic rings. The van der Waals surface area contributed by atoms with Gasteiger partial charge in [-0.1, -0.05) is 37.6 Å². The summed E-state index contributed by atoms with van der Waals surface area (Å²) in [7, 11) is 0. The third-order valence-corrected chi connectivity index (χ3v) is 3.30. The first-order chi connectivity index (χ1) is 9.27. The van der Waals surface area contributed by atoms with Crippen LogP contribution in [0.2, 0.25) is 0 Å². The Labute approximate surface area is 114 Å². The van der Waals surface area contributed by atoms with E-state index in [1.807, 2.05) is 41.2 Å². The van der Waals surface area contributed by atoms with Gasteiger partial charge in [-0.2, -0.15) is 5.10 Å². The molecule has 1 unspecified atom stereocenters. The minimum atomic E-state index is -0.0273. The van der Waals surface area contributed by atoms with Gasteiger partial charge in [0.25, 0.3) is 0 Å². The van der Waals surface area contributed by atoms with E-state index in [1.54, 1.807) is 6.07 Å². The molecule has 0 spiro atoms. The number of benzene rings is 1. The van der Waals surface area contributed by atoms with Gasteiger partial charge in [-0.25, -0.2) is 0 Å². The zero-order valence-electron chi connectivity index (χ0n) is 11.3. The van der Waals surface area contributed by atoms with Crippen molar-refractivity contribution in [1.29, 1.82) is 0 Å². The van der Waals surface area contributed by atoms with Crippen molar-refractivity contribution in [2.45, 2.75) is 32.2 Å². The Bertz CT molecular complexity index is 545. The molecule has 1 atom stereocenters. The third-order valence-electron chi connectivity index (χ3n) is 3.30. The molecule has 3 nitrogen and oxygen atoms in total. The Morgan fingerprint density at radius 2 is 2.16 bits per heavy atom. The first kappa shape index (κ1) is 13.4. The maximum absolute atomic E-state index is 10.0. The number of unbranched alkanes of at least 4 members (excludes halogenated alkanes) is 1. The van der Waals surface area contributed by atoms with Crippen LogP contribution in [0.1, 0.15) is 36.9 Å². The second-order valence-electron chi connectivity index (χ2n) is 4.60. The van der Waals surface area contributed by atoms with Gasteiger partial charge in [0.2, 0.25) is 0 Å². The highest BCUT2D eigenvalue weighted by Crippen LogP contribution is 2.31. The van der Waals surface area contributed by atoms with E-state index in [-0.39, 0.29) is 5.92 Å². The molecule has 19 heavy (non-hydrogen) atoms. The summed E-state index contributed by atoms with van der Waals surface area (Å²) in [5, 5.41) is 14.4. The first-order valence-corrected chi connectivity index (χ1v) is 6.70. The lowest BCUT2D eigenvalue weighted by Crippen LogP contribution is -2.09. The number of rotatable bonds is 6. The van der Waals surface area contributed by atoms with Crippen molar-refractivity contribution in [3.63, 3.8) is 0 Å². The van der Waals surface area contributed by atoms with E-state index in [4.69, 9.17) is 0 Å². The molecular weight excluding hydrogens is 236 g/mol. The van der Waals surface area contributed by atoms with Crippen molar-refractivity contribution in [1.82, 2.24) is 9.78 Å². The van der Waals surface area contributed by atoms with Crippen LogP contribution in [-0.4, -0.2) is 14.9 Å². The van der Waals surface area contributed by atoms with Crippen molar-refractivity contribution in [3.8, 4) is 5.75 Å². The normalized spacial score (nSPS) is 12.3. The topological polar surface area (TPSA) is 38.1 Å². The average Bonchev–Trinajstić information content (AvgIpc) is 2.88. The molecule has 0 aliphatic rings. The molecular formula is C16H20N2O. The maximum Gasteiger partial charge on any atom is 0.119 e. The molecule has 100 valence electrons. The fourth-order valence-electron chi connectivity index (χ4n) is 2.26. The molecule has 0 amide bonds. The van der Waals surface area contributed by atoms with Crippen molar-refractivity contribution in [2.24, 2.45) is 0 Å². The fraction of sp³-hybridized carbons (Fsp3) is 0.312. The van der Waals surface area contributed by atoms with Gasteiger partial charge in [-0.3, -0.25) is 4.68 Å². The van der Waals surface area contributed by atoms with E-state index in [0.717, 1.165) is 30.6 Å². The van der Waals surface area contributed by atoms with Crippen LogP contribution in [-0.2, 0) is 6.54 Å². The fourth-order valence-corrected chi connectivity index (χ4v) is 2.26. The summed E-state index contributed by atoms with van der Waals surface area (Å²) >= 11 is 0. The van der Waals surface area contributed by atoms with Gasteiger partial charge in [-0.15, -0.1) is 6.58 Å². The minimum absolute atomic E-state index is 0.0273. The van der Waals surface area contributed by atoms with E-state index in [1.165, 1.54) is 0 Å². The molecule has 0 aliphatic heterocycles. The molecule has 1 aromatic heterocycles. The Morgan fingerprint density at radius 3 is 2.84 bits per heavy atom. The molecule has 0 saturated carbocycles. The zero-order valence-corrected chi connectivity index (χ0v) is 11.3. The van der Waals surface area contributed by atoms with Crippen molar-refractivity contribution >= 4 is 0 Å². The van der Waals surface area contributed by atoms with Gasteiger partial charge in [0.15, 0.2) is 0 Å². The highest BCUT2D eigenvalue weighted by atomic mass is 16.3. The van der Waals surface area contributed by atoms with Gasteiger partial charge in [0.05, 0.1) is 0 Å². The number of allylic oxidation sites excluding steroid dienone is 1. The number of nitrogens with zero attached hydrogens (tertiary/aromatic N) is 2. The van der Waals surface area contributed by atoms with E-state index in [0.29, 0.717) is 5.75 Å². The Balaban J connectivity index is 2.35. The summed E-state index contributed by atoms with van der Waals surface area (Å²) in [5.41, 5.74) is 1.95. The SMILES string of the molecule is C=CC(c1ccccc1O)c1ccnn1CCCC. The van der Waals surface area contributed by atoms with Gasteiger partial charge < -0.3 is 5.11 Å². The standard InChI is InChI=1S/C16H20N2O/c1-3-5-12-18-15(10-11-17-18)13(4-2)14-8-6-7-9-16(14)19/h4,6-11,13,19H,2-3,5,12H2,1H3. The van der Waals surface area contributed by atoms with Crippen LogP contribution >= 0.6 is 0 Å². The second-order valence-corrected chi connectivity index (χ2v) is 4.60. The number of hydrogen-bond donors (Lipinski definition) is 1. The van der Waals surface area contributed by atoms with Gasteiger partial charge >= 0.3 is 0 Å². The van der Waals surface area contributed by atoms with Crippen molar-refractivity contribution < 1.29 is 5.11 Å². The molecule has 0 radical (unpaired) electrons. The predicted molar refractivity (Wildman–Crippen MR) is 77.3 cm³/mol. The van der Waals surface area contributed by atoms with Crippen molar-refractivity contribution in [2.75, 3.05) is 0 Å². The Kier molecular flexibility index (Phi) is 4.39. The van der Waals surface area contributed by atoms with Gasteiger partial charge in [-0.05, 0) is 18.6 Å². The minimum Gasteiger partial charge on any atom is -0.508 e. The second kappa shape index (κ2) is 6.23. The van der Waals surface area contributed by atoms with E-state index in [9.17, 15) is 5.11 Å². The molecule has 0 aliphatic carbocycles. The van der Waals surface area contributed by atoms with Gasteiger partial charge in [0.1, 0.15) is 5.75 Å². The van der Waals surface area contributed by atoms with Crippen LogP contribution in [0.4, 0.5) is 0 Å². The maximum atomic E-state index is 10.0. The van der Waals surface area contributed by atoms with Crippen LogP contribution in [0.15, 0.2) is 49.2 Å². The number of hydrogen-bond acceptors (Lipinski definition) is 2. The first-order valence-electron chi connectivity index (χ1n) is 6.70.